The van der Waals surface area contributed by atoms with Crippen LogP contribution in [0.3, 0.4) is 0 Å². The second-order valence-electron chi connectivity index (χ2n) is 7.90. The summed E-state index contributed by atoms with van der Waals surface area (Å²) in [6.45, 7) is 1.65. The predicted octanol–water partition coefficient (Wildman–Crippen LogP) is 2.53. The van der Waals surface area contributed by atoms with Gasteiger partial charge in [-0.3, -0.25) is 0 Å². The Morgan fingerprint density at radius 2 is 1.91 bits per heavy atom. The van der Waals surface area contributed by atoms with Crippen LogP contribution in [0.2, 0.25) is 5.02 Å². The molecule has 11 heteroatoms. The maximum atomic E-state index is 14.5. The zero-order valence-electron chi connectivity index (χ0n) is 17.4. The first-order chi connectivity index (χ1) is 15.7. The van der Waals surface area contributed by atoms with Gasteiger partial charge in [-0.05, 0) is 24.6 Å². The summed E-state index contributed by atoms with van der Waals surface area (Å²) in [5, 5.41) is 22.3. The van der Waals surface area contributed by atoms with Crippen molar-refractivity contribution in [1.29, 1.82) is 0 Å². The van der Waals surface area contributed by atoms with Gasteiger partial charge >= 0.3 is 0 Å². The van der Waals surface area contributed by atoms with Gasteiger partial charge in [0.25, 0.3) is 0 Å². The molecule has 0 unspecified atom stereocenters. The Morgan fingerprint density at radius 3 is 2.70 bits per heavy atom. The lowest BCUT2D eigenvalue weighted by atomic mass is 10.1. The van der Waals surface area contributed by atoms with Crippen LogP contribution in [0.1, 0.15) is 11.9 Å². The van der Waals surface area contributed by atoms with E-state index < -0.39 is 24.1 Å². The number of halogens is 2. The molecule has 0 radical (unpaired) electrons. The highest BCUT2D eigenvalue weighted by atomic mass is 35.5. The smallest absolute Gasteiger partial charge is 0.146 e. The lowest BCUT2D eigenvalue weighted by Crippen LogP contribution is -2.30. The lowest BCUT2D eigenvalue weighted by molar-refractivity contribution is 0.0295. The number of fused-ring (bicyclic) bond motifs is 2. The van der Waals surface area contributed by atoms with Crippen molar-refractivity contribution in [3.63, 3.8) is 0 Å². The number of hydrogen-bond acceptors (Lipinski definition) is 8. The quantitative estimate of drug-likeness (QED) is 0.333. The lowest BCUT2D eigenvalue weighted by Gasteiger charge is -2.19. The summed E-state index contributed by atoms with van der Waals surface area (Å²) in [7, 11) is 0. The van der Waals surface area contributed by atoms with Crippen molar-refractivity contribution < 1.29 is 19.3 Å². The molecule has 0 amide bonds. The van der Waals surface area contributed by atoms with Crippen molar-refractivity contribution in [2.45, 2.75) is 25.2 Å². The molecule has 9 nitrogen and oxygen atoms in total. The van der Waals surface area contributed by atoms with Crippen LogP contribution in [0.5, 0.6) is 5.75 Å². The van der Waals surface area contributed by atoms with Crippen LogP contribution in [0.15, 0.2) is 42.1 Å². The number of hydrogen-bond donors (Lipinski definition) is 4. The van der Waals surface area contributed by atoms with E-state index in [-0.39, 0.29) is 34.1 Å². The summed E-state index contributed by atoms with van der Waals surface area (Å²) in [6.07, 6.45) is 1.13. The number of aliphatic hydroxyl groups excluding tert-OH is 2. The van der Waals surface area contributed by atoms with Crippen LogP contribution < -0.4 is 16.2 Å². The van der Waals surface area contributed by atoms with Gasteiger partial charge in [0.2, 0.25) is 0 Å². The number of aromatic nitrogens is 4. The second-order valence-corrected chi connectivity index (χ2v) is 8.31. The largest absolute Gasteiger partial charge is 0.489 e. The number of pyridine rings is 1. The van der Waals surface area contributed by atoms with Crippen molar-refractivity contribution in [1.82, 2.24) is 19.5 Å². The summed E-state index contributed by atoms with van der Waals surface area (Å²) in [5.41, 5.74) is 13.0. The maximum Gasteiger partial charge on any atom is 0.146 e. The standard InChI is InChI=1S/C22H20ClFN6O3/c1-9-27-20(25)12-2-3-30(22(12)28-9)17-4-10(18(31)19(17)32)8-33-11-5-15(24)13-7-14(23)21(26)29-16(13)6-11/h2-7,17-19,31-32H,8H2,1H3,(H2,26,29)(H2,25,27,28)/t17-,18-,19+/m1/s1. The number of rotatable bonds is 4. The molecule has 5 rings (SSSR count). The van der Waals surface area contributed by atoms with Crippen LogP contribution in [0, 0.1) is 12.7 Å². The van der Waals surface area contributed by atoms with Gasteiger partial charge in [-0.2, -0.15) is 0 Å². The monoisotopic (exact) mass is 470 g/mol. The second kappa shape index (κ2) is 7.84. The molecule has 170 valence electrons. The Kier molecular flexibility index (Phi) is 5.08. The van der Waals surface area contributed by atoms with Gasteiger partial charge in [0, 0.05) is 23.7 Å². The molecule has 0 saturated carbocycles. The minimum absolute atomic E-state index is 0.0713. The van der Waals surface area contributed by atoms with E-state index in [1.54, 1.807) is 29.8 Å². The van der Waals surface area contributed by atoms with E-state index in [0.717, 1.165) is 0 Å². The van der Waals surface area contributed by atoms with E-state index in [4.69, 9.17) is 27.8 Å². The van der Waals surface area contributed by atoms with E-state index in [1.165, 1.54) is 18.2 Å². The Hall–Kier alpha value is -3.47. The normalized spacial score (nSPS) is 20.5. The van der Waals surface area contributed by atoms with E-state index in [9.17, 15) is 14.6 Å². The van der Waals surface area contributed by atoms with E-state index in [0.29, 0.717) is 28.2 Å². The fraction of sp³-hybridized carbons (Fsp3) is 0.227. The first-order valence-corrected chi connectivity index (χ1v) is 10.5. The Morgan fingerprint density at radius 1 is 1.12 bits per heavy atom. The van der Waals surface area contributed by atoms with E-state index in [1.807, 2.05) is 0 Å². The van der Waals surface area contributed by atoms with Crippen LogP contribution >= 0.6 is 11.6 Å². The third-order valence-electron chi connectivity index (χ3n) is 5.72. The summed E-state index contributed by atoms with van der Waals surface area (Å²) in [4.78, 5) is 12.7. The van der Waals surface area contributed by atoms with Crippen LogP contribution in [0.4, 0.5) is 16.0 Å². The molecule has 1 aliphatic rings. The molecule has 0 aliphatic heterocycles. The van der Waals surface area contributed by atoms with Gasteiger partial charge in [0.1, 0.15) is 53.5 Å². The third-order valence-corrected chi connectivity index (χ3v) is 6.02. The van der Waals surface area contributed by atoms with E-state index >= 15 is 0 Å². The number of nitrogens with zero attached hydrogens (tertiary/aromatic N) is 4. The SMILES string of the molecule is Cc1nc(N)c2ccn([C@@H]3C=C(COc4cc(F)c5cc(Cl)c(N)nc5c4)[C@@H](O)[C@H]3O)c2n1. The van der Waals surface area contributed by atoms with Crippen molar-refractivity contribution in [3.8, 4) is 5.75 Å². The molecule has 3 aromatic heterocycles. The maximum absolute atomic E-state index is 14.5. The first-order valence-electron chi connectivity index (χ1n) is 10.1. The van der Waals surface area contributed by atoms with Gasteiger partial charge in [0.15, 0.2) is 0 Å². The molecule has 0 bridgehead atoms. The molecule has 0 saturated heterocycles. The number of aliphatic hydroxyl groups is 2. The summed E-state index contributed by atoms with van der Waals surface area (Å²) in [6, 6.07) is 5.30. The summed E-state index contributed by atoms with van der Waals surface area (Å²) < 4.78 is 22.0. The minimum Gasteiger partial charge on any atom is -0.489 e. The van der Waals surface area contributed by atoms with Crippen LogP contribution in [-0.4, -0.2) is 48.5 Å². The van der Waals surface area contributed by atoms with Crippen molar-refractivity contribution in [2.24, 2.45) is 0 Å². The molecular formula is C22H20ClFN6O3. The zero-order chi connectivity index (χ0) is 23.4. The van der Waals surface area contributed by atoms with Gasteiger partial charge in [0.05, 0.1) is 22.0 Å². The first kappa shape index (κ1) is 21.4. The number of aryl methyl sites for hydroxylation is 1. The Labute approximate surface area is 192 Å². The summed E-state index contributed by atoms with van der Waals surface area (Å²) in [5.74, 6) is 0.546. The molecule has 3 heterocycles. The van der Waals surface area contributed by atoms with Crippen molar-refractivity contribution in [3.05, 3.63) is 58.8 Å². The molecule has 1 aliphatic carbocycles. The minimum atomic E-state index is -1.18. The van der Waals surface area contributed by atoms with Gasteiger partial charge in [-0.1, -0.05) is 17.7 Å². The molecular weight excluding hydrogens is 451 g/mol. The summed E-state index contributed by atoms with van der Waals surface area (Å²) >= 11 is 5.92. The zero-order valence-corrected chi connectivity index (χ0v) is 18.2. The van der Waals surface area contributed by atoms with Gasteiger partial charge in [-0.25, -0.2) is 19.3 Å². The van der Waals surface area contributed by atoms with E-state index in [2.05, 4.69) is 15.0 Å². The number of anilines is 2. The molecule has 1 aromatic carbocycles. The number of benzene rings is 1. The van der Waals surface area contributed by atoms with Crippen molar-refractivity contribution >= 4 is 45.2 Å². The van der Waals surface area contributed by atoms with Crippen molar-refractivity contribution in [2.75, 3.05) is 18.1 Å². The molecule has 0 spiro atoms. The van der Waals surface area contributed by atoms with Crippen LogP contribution in [-0.2, 0) is 0 Å². The molecule has 3 atom stereocenters. The Bertz CT molecular complexity index is 1440. The molecule has 6 N–H and O–H groups in total. The van der Waals surface area contributed by atoms with Crippen LogP contribution in [0.25, 0.3) is 21.9 Å². The highest BCUT2D eigenvalue weighted by molar-refractivity contribution is 6.33. The molecule has 0 fully saturated rings. The highest BCUT2D eigenvalue weighted by Crippen LogP contribution is 2.34. The average molecular weight is 471 g/mol. The fourth-order valence-electron chi connectivity index (χ4n) is 4.06. The van der Waals surface area contributed by atoms with Gasteiger partial charge < -0.3 is 31.0 Å². The number of nitrogen functional groups attached to an aromatic ring is 2. The Balaban J connectivity index is 1.43. The molecule has 4 aromatic rings. The van der Waals surface area contributed by atoms with Gasteiger partial charge in [-0.15, -0.1) is 0 Å². The molecule has 33 heavy (non-hydrogen) atoms. The predicted molar refractivity (Wildman–Crippen MR) is 122 cm³/mol. The number of nitrogens with two attached hydrogens (primary N) is 2. The highest BCUT2D eigenvalue weighted by Gasteiger charge is 2.36. The fourth-order valence-corrected chi connectivity index (χ4v) is 4.21. The third kappa shape index (κ3) is 3.62. The number of ether oxygens (including phenoxy) is 1. The average Bonchev–Trinajstić information content (AvgIpc) is 3.29. The topological polar surface area (TPSA) is 145 Å².